The fraction of sp³-hybridized carbons (Fsp3) is 0.500. The number of hydrogen-bond acceptors (Lipinski definition) is 4. The average Bonchev–Trinajstić information content (AvgIpc) is 3.07. The second kappa shape index (κ2) is 20.6. The van der Waals surface area contributed by atoms with Gasteiger partial charge in [-0.1, -0.05) is 127 Å². The number of rotatable bonds is 21. The molecular formula is C40H51F3O4. The first kappa shape index (κ1) is 37.8. The third-order valence-corrected chi connectivity index (χ3v) is 8.46. The summed E-state index contributed by atoms with van der Waals surface area (Å²) in [5.74, 6) is -1.47. The predicted octanol–water partition coefficient (Wildman–Crippen LogP) is 12.1. The van der Waals surface area contributed by atoms with Crippen LogP contribution in [0.15, 0.2) is 72.8 Å². The minimum atomic E-state index is -4.64. The highest BCUT2D eigenvalue weighted by Gasteiger charge is 2.42. The van der Waals surface area contributed by atoms with Crippen LogP contribution in [0.5, 0.6) is 5.75 Å². The van der Waals surface area contributed by atoms with Crippen LogP contribution in [0.3, 0.4) is 0 Å². The van der Waals surface area contributed by atoms with Crippen molar-refractivity contribution in [2.75, 3.05) is 0 Å². The molecule has 0 saturated carbocycles. The van der Waals surface area contributed by atoms with Crippen LogP contribution >= 0.6 is 0 Å². The second-order valence-corrected chi connectivity index (χ2v) is 12.4. The lowest BCUT2D eigenvalue weighted by Crippen LogP contribution is -2.33. The molecule has 0 aliphatic rings. The molecule has 0 bridgehead atoms. The Labute approximate surface area is 279 Å². The third-order valence-electron chi connectivity index (χ3n) is 8.46. The smallest absolute Gasteiger partial charge is 0.425 e. The van der Waals surface area contributed by atoms with Crippen molar-refractivity contribution in [3.05, 3.63) is 89.5 Å². The minimum absolute atomic E-state index is 0.0461. The van der Waals surface area contributed by atoms with Gasteiger partial charge in [-0.25, -0.2) is 9.59 Å². The summed E-state index contributed by atoms with van der Waals surface area (Å²) >= 11 is 0. The van der Waals surface area contributed by atoms with Gasteiger partial charge in [-0.3, -0.25) is 0 Å². The van der Waals surface area contributed by atoms with E-state index in [1.807, 2.05) is 12.1 Å². The first-order valence-corrected chi connectivity index (χ1v) is 17.5. The van der Waals surface area contributed by atoms with E-state index < -0.39 is 24.2 Å². The Kier molecular flexibility index (Phi) is 16.6. The van der Waals surface area contributed by atoms with Crippen molar-refractivity contribution in [2.24, 2.45) is 0 Å². The van der Waals surface area contributed by atoms with Crippen LogP contribution in [0.4, 0.5) is 13.2 Å². The molecule has 0 aromatic heterocycles. The van der Waals surface area contributed by atoms with Crippen molar-refractivity contribution in [1.29, 1.82) is 0 Å². The molecule has 3 aromatic carbocycles. The number of ether oxygens (including phenoxy) is 2. The van der Waals surface area contributed by atoms with Crippen LogP contribution in [0.2, 0.25) is 0 Å². The zero-order valence-corrected chi connectivity index (χ0v) is 28.1. The van der Waals surface area contributed by atoms with Crippen molar-refractivity contribution in [3.63, 3.8) is 0 Å². The number of aryl methyl sites for hydroxylation is 1. The number of unbranched alkanes of at least 4 members (excludes halogenated alkanes) is 12. The monoisotopic (exact) mass is 652 g/mol. The lowest BCUT2D eigenvalue weighted by Gasteiger charge is -2.20. The normalized spacial score (nSPS) is 12.1. The van der Waals surface area contributed by atoms with Gasteiger partial charge in [0.15, 0.2) is 6.10 Å². The number of carbonyl (C=O) groups excluding carboxylic acids is 2. The molecule has 4 nitrogen and oxygen atoms in total. The quantitative estimate of drug-likeness (QED) is 0.0653. The van der Waals surface area contributed by atoms with Gasteiger partial charge in [0, 0.05) is 0 Å². The molecule has 0 fully saturated rings. The van der Waals surface area contributed by atoms with Gasteiger partial charge in [0.05, 0.1) is 11.1 Å². The molecule has 0 N–H and O–H groups in total. The van der Waals surface area contributed by atoms with Crippen molar-refractivity contribution < 1.29 is 32.2 Å². The Morgan fingerprint density at radius 3 is 1.55 bits per heavy atom. The fourth-order valence-electron chi connectivity index (χ4n) is 5.55. The van der Waals surface area contributed by atoms with E-state index >= 15 is 0 Å². The summed E-state index contributed by atoms with van der Waals surface area (Å²) in [6, 6.07) is 21.0. The van der Waals surface area contributed by atoms with Crippen LogP contribution in [-0.2, 0) is 11.2 Å². The van der Waals surface area contributed by atoms with Gasteiger partial charge in [-0.05, 0) is 78.8 Å². The first-order valence-electron chi connectivity index (χ1n) is 17.5. The Balaban J connectivity index is 1.45. The maximum absolute atomic E-state index is 13.5. The maximum atomic E-state index is 13.5. The van der Waals surface area contributed by atoms with E-state index in [0.717, 1.165) is 43.2 Å². The molecule has 0 radical (unpaired) electrons. The highest BCUT2D eigenvalue weighted by atomic mass is 19.4. The van der Waals surface area contributed by atoms with Crippen molar-refractivity contribution in [3.8, 4) is 16.9 Å². The van der Waals surface area contributed by atoms with Gasteiger partial charge in [0.1, 0.15) is 5.75 Å². The predicted molar refractivity (Wildman–Crippen MR) is 183 cm³/mol. The number of alkyl halides is 3. The molecule has 0 spiro atoms. The number of carbonyl (C=O) groups is 2. The molecule has 0 aliphatic carbocycles. The van der Waals surface area contributed by atoms with E-state index in [1.165, 1.54) is 81.2 Å². The fourth-order valence-corrected chi connectivity index (χ4v) is 5.55. The largest absolute Gasteiger partial charge is 0.449 e. The van der Waals surface area contributed by atoms with Gasteiger partial charge >= 0.3 is 18.1 Å². The molecule has 0 heterocycles. The SMILES string of the molecule is CCCCCCCCCCc1ccc(-c2ccc(C(=O)Oc3ccc(C(=O)OC(CCCCCCCC)C(F)(F)F)cc3)cc2)cc1. The Hall–Kier alpha value is -3.61. The summed E-state index contributed by atoms with van der Waals surface area (Å²) in [7, 11) is 0. The minimum Gasteiger partial charge on any atom is -0.449 e. The van der Waals surface area contributed by atoms with E-state index in [2.05, 4.69) is 38.1 Å². The highest BCUT2D eigenvalue weighted by Crippen LogP contribution is 2.29. The topological polar surface area (TPSA) is 52.6 Å². The van der Waals surface area contributed by atoms with E-state index in [9.17, 15) is 22.8 Å². The van der Waals surface area contributed by atoms with Crippen LogP contribution < -0.4 is 4.74 Å². The van der Waals surface area contributed by atoms with Crippen LogP contribution in [0.25, 0.3) is 11.1 Å². The van der Waals surface area contributed by atoms with Gasteiger partial charge in [0.2, 0.25) is 0 Å². The molecule has 0 aliphatic heterocycles. The van der Waals surface area contributed by atoms with Crippen molar-refractivity contribution in [2.45, 2.75) is 129 Å². The molecule has 1 unspecified atom stereocenters. The van der Waals surface area contributed by atoms with Crippen molar-refractivity contribution in [1.82, 2.24) is 0 Å². The van der Waals surface area contributed by atoms with Crippen LogP contribution in [-0.4, -0.2) is 24.2 Å². The Morgan fingerprint density at radius 1 is 0.574 bits per heavy atom. The molecule has 256 valence electrons. The number of benzene rings is 3. The first-order chi connectivity index (χ1) is 22.7. The molecular weight excluding hydrogens is 601 g/mol. The molecule has 7 heteroatoms. The number of halogens is 3. The summed E-state index contributed by atoms with van der Waals surface area (Å²) in [6.45, 7) is 4.32. The second-order valence-electron chi connectivity index (χ2n) is 12.4. The molecule has 0 saturated heterocycles. The molecule has 3 rings (SSSR count). The average molecular weight is 653 g/mol. The molecule has 1 atom stereocenters. The zero-order chi connectivity index (χ0) is 33.9. The van der Waals surface area contributed by atoms with Crippen LogP contribution in [0, 0.1) is 0 Å². The number of hydrogen-bond donors (Lipinski definition) is 0. The van der Waals surface area contributed by atoms with Crippen molar-refractivity contribution >= 4 is 11.9 Å². The third kappa shape index (κ3) is 14.0. The lowest BCUT2D eigenvalue weighted by atomic mass is 10.00. The summed E-state index contributed by atoms with van der Waals surface area (Å²) in [4.78, 5) is 25.2. The number of esters is 2. The van der Waals surface area contributed by atoms with Gasteiger partial charge in [0.25, 0.3) is 0 Å². The highest BCUT2D eigenvalue weighted by molar-refractivity contribution is 5.92. The maximum Gasteiger partial charge on any atom is 0.425 e. The summed E-state index contributed by atoms with van der Waals surface area (Å²) in [5, 5.41) is 0. The molecule has 3 aromatic rings. The van der Waals surface area contributed by atoms with Gasteiger partial charge in [-0.15, -0.1) is 0 Å². The Morgan fingerprint density at radius 2 is 1.02 bits per heavy atom. The van der Waals surface area contributed by atoms with Gasteiger partial charge in [-0.2, -0.15) is 13.2 Å². The van der Waals surface area contributed by atoms with E-state index in [1.54, 1.807) is 12.1 Å². The summed E-state index contributed by atoms with van der Waals surface area (Å²) < 4.78 is 50.8. The summed E-state index contributed by atoms with van der Waals surface area (Å²) in [5.41, 5.74) is 3.68. The zero-order valence-electron chi connectivity index (χ0n) is 28.1. The standard InChI is InChI=1S/C40H51F3O4/c1-3-5-7-9-11-12-13-15-17-31-19-21-32(22-20-31)33-23-25-34(26-24-33)38(44)46-36-29-27-35(28-30-36)39(45)47-37(40(41,42)43)18-16-14-10-8-6-4-2/h19-30,37H,3-18H2,1-2H3. The Bertz CT molecular complexity index is 1320. The van der Waals surface area contributed by atoms with E-state index in [0.29, 0.717) is 18.4 Å². The van der Waals surface area contributed by atoms with E-state index in [4.69, 9.17) is 9.47 Å². The summed E-state index contributed by atoms with van der Waals surface area (Å²) in [6.07, 6.45) is 9.44. The van der Waals surface area contributed by atoms with Gasteiger partial charge < -0.3 is 9.47 Å². The molecule has 0 amide bonds. The van der Waals surface area contributed by atoms with Crippen LogP contribution in [0.1, 0.15) is 136 Å². The van der Waals surface area contributed by atoms with E-state index in [-0.39, 0.29) is 17.7 Å². The molecule has 47 heavy (non-hydrogen) atoms. The lowest BCUT2D eigenvalue weighted by molar-refractivity contribution is -0.206.